The molecule has 0 saturated heterocycles. The van der Waals surface area contributed by atoms with Crippen molar-refractivity contribution in [2.45, 2.75) is 0 Å². The molecule has 3 aromatic rings. The summed E-state index contributed by atoms with van der Waals surface area (Å²) in [6.45, 7) is 1.14. The van der Waals surface area contributed by atoms with Gasteiger partial charge in [0.25, 0.3) is 11.6 Å². The normalized spacial score (nSPS) is 10.9. The lowest BCUT2D eigenvalue weighted by molar-refractivity contribution is -0.384. The molecule has 1 heterocycles. The lowest BCUT2D eigenvalue weighted by Crippen LogP contribution is -2.31. The van der Waals surface area contributed by atoms with Gasteiger partial charge in [-0.15, -0.1) is 0 Å². The highest BCUT2D eigenvalue weighted by Crippen LogP contribution is 2.34. The molecule has 0 unspecified atom stereocenters. The second kappa shape index (κ2) is 8.89. The van der Waals surface area contributed by atoms with E-state index in [1.165, 1.54) is 6.07 Å². The first-order chi connectivity index (χ1) is 13.9. The number of halogens is 1. The third-order valence-corrected chi connectivity index (χ3v) is 4.65. The van der Waals surface area contributed by atoms with E-state index < -0.39 is 4.92 Å². The van der Waals surface area contributed by atoms with Crippen molar-refractivity contribution in [2.75, 3.05) is 27.2 Å². The largest absolute Gasteiger partial charge is 0.354 e. The van der Waals surface area contributed by atoms with Crippen LogP contribution in [0.4, 0.5) is 5.69 Å². The van der Waals surface area contributed by atoms with Crippen molar-refractivity contribution >= 4 is 23.2 Å². The summed E-state index contributed by atoms with van der Waals surface area (Å²) in [7, 11) is 3.83. The first-order valence-corrected chi connectivity index (χ1v) is 9.40. The van der Waals surface area contributed by atoms with Crippen LogP contribution < -0.4 is 5.32 Å². The summed E-state index contributed by atoms with van der Waals surface area (Å²) in [5.41, 5.74) is 2.45. The smallest absolute Gasteiger partial charge is 0.278 e. The highest BCUT2D eigenvalue weighted by Gasteiger charge is 2.23. The Kier molecular flexibility index (Phi) is 6.31. The lowest BCUT2D eigenvalue weighted by atomic mass is 10.1. The number of amides is 1. The van der Waals surface area contributed by atoms with Crippen LogP contribution >= 0.6 is 11.6 Å². The Labute approximate surface area is 173 Å². The minimum absolute atomic E-state index is 0.0747. The van der Waals surface area contributed by atoms with E-state index in [1.807, 2.05) is 25.1 Å². The fourth-order valence-corrected chi connectivity index (χ4v) is 3.18. The van der Waals surface area contributed by atoms with E-state index in [-0.39, 0.29) is 11.6 Å². The Morgan fingerprint density at radius 3 is 2.62 bits per heavy atom. The van der Waals surface area contributed by atoms with Gasteiger partial charge in [0.2, 0.25) is 0 Å². The molecule has 2 N–H and O–H groups in total. The zero-order valence-corrected chi connectivity index (χ0v) is 16.9. The average molecular weight is 413 g/mol. The van der Waals surface area contributed by atoms with Gasteiger partial charge in [0.05, 0.1) is 21.7 Å². The first kappa shape index (κ1) is 20.6. The third kappa shape index (κ3) is 4.82. The first-order valence-electron chi connectivity index (χ1n) is 9.02. The number of nitrogens with one attached hydrogen (secondary N) is 2. The molecule has 0 saturated carbocycles. The number of para-hydroxylation sites is 1. The van der Waals surface area contributed by atoms with Crippen molar-refractivity contribution < 1.29 is 9.72 Å². The van der Waals surface area contributed by atoms with E-state index in [0.29, 0.717) is 40.6 Å². The van der Waals surface area contributed by atoms with Gasteiger partial charge < -0.3 is 15.2 Å². The summed E-state index contributed by atoms with van der Waals surface area (Å²) in [5, 5.41) is 14.9. The number of aromatic amines is 1. The third-order valence-electron chi connectivity index (χ3n) is 4.41. The second-order valence-electron chi connectivity index (χ2n) is 6.82. The van der Waals surface area contributed by atoms with Crippen molar-refractivity contribution in [3.05, 3.63) is 75.3 Å². The molecule has 0 fully saturated rings. The quantitative estimate of drug-likeness (QED) is 0.449. The maximum absolute atomic E-state index is 12.9. The zero-order chi connectivity index (χ0) is 21.0. The fourth-order valence-electron chi connectivity index (χ4n) is 2.99. The highest BCUT2D eigenvalue weighted by atomic mass is 35.5. The van der Waals surface area contributed by atoms with E-state index >= 15 is 0 Å². The van der Waals surface area contributed by atoms with Crippen molar-refractivity contribution in [1.82, 2.24) is 15.2 Å². The number of H-pyrrole nitrogens is 1. The SMILES string of the molecule is CN(C)CCNC(=O)c1cc(-c2cccc(Cl)c2)[nH]c1-c1ccccc1[N+](=O)[O-]. The minimum Gasteiger partial charge on any atom is -0.354 e. The van der Waals surface area contributed by atoms with Gasteiger partial charge in [-0.2, -0.15) is 0 Å². The number of hydrogen-bond donors (Lipinski definition) is 2. The molecule has 0 aliphatic carbocycles. The predicted octanol–water partition coefficient (Wildman–Crippen LogP) is 4.20. The number of hydrogen-bond acceptors (Lipinski definition) is 4. The maximum atomic E-state index is 12.9. The molecule has 7 nitrogen and oxygen atoms in total. The molecule has 1 amide bonds. The molecule has 150 valence electrons. The van der Waals surface area contributed by atoms with Crippen LogP contribution in [0, 0.1) is 10.1 Å². The number of nitro benzene ring substituents is 1. The van der Waals surface area contributed by atoms with Gasteiger partial charge in [0, 0.05) is 29.9 Å². The maximum Gasteiger partial charge on any atom is 0.278 e. The van der Waals surface area contributed by atoms with E-state index in [1.54, 1.807) is 42.5 Å². The summed E-state index contributed by atoms with van der Waals surface area (Å²) >= 11 is 6.10. The number of carbonyl (C=O) groups excluding carboxylic acids is 1. The molecule has 0 radical (unpaired) electrons. The topological polar surface area (TPSA) is 91.3 Å². The van der Waals surface area contributed by atoms with Gasteiger partial charge in [-0.05, 0) is 43.9 Å². The highest BCUT2D eigenvalue weighted by molar-refractivity contribution is 6.30. The zero-order valence-electron chi connectivity index (χ0n) is 16.1. The molecule has 3 rings (SSSR count). The Hall–Kier alpha value is -3.16. The van der Waals surface area contributed by atoms with Crippen LogP contribution in [-0.2, 0) is 0 Å². The molecular formula is C21H21ClN4O3. The van der Waals surface area contributed by atoms with E-state index in [9.17, 15) is 14.9 Å². The molecule has 2 aromatic carbocycles. The predicted molar refractivity (Wildman–Crippen MR) is 114 cm³/mol. The molecule has 8 heteroatoms. The number of benzene rings is 2. The Balaban J connectivity index is 2.08. The van der Waals surface area contributed by atoms with Crippen molar-refractivity contribution in [3.8, 4) is 22.5 Å². The Bertz CT molecular complexity index is 1050. The van der Waals surface area contributed by atoms with Crippen LogP contribution in [0.5, 0.6) is 0 Å². The molecule has 29 heavy (non-hydrogen) atoms. The number of nitro groups is 1. The molecule has 0 bridgehead atoms. The van der Waals surface area contributed by atoms with Crippen molar-refractivity contribution in [3.63, 3.8) is 0 Å². The van der Waals surface area contributed by atoms with Crippen LogP contribution in [0.3, 0.4) is 0 Å². The molecule has 0 aliphatic rings. The average Bonchev–Trinajstić information content (AvgIpc) is 3.13. The van der Waals surface area contributed by atoms with Crippen LogP contribution in [0.15, 0.2) is 54.6 Å². The molecular weight excluding hydrogens is 392 g/mol. The van der Waals surface area contributed by atoms with Crippen LogP contribution in [0.25, 0.3) is 22.5 Å². The Morgan fingerprint density at radius 2 is 1.93 bits per heavy atom. The molecule has 0 atom stereocenters. The molecule has 0 spiro atoms. The summed E-state index contributed by atoms with van der Waals surface area (Å²) in [6, 6.07) is 15.2. The molecule has 0 aliphatic heterocycles. The summed E-state index contributed by atoms with van der Waals surface area (Å²) in [4.78, 5) is 29.1. The van der Waals surface area contributed by atoms with Gasteiger partial charge in [0.15, 0.2) is 0 Å². The van der Waals surface area contributed by atoms with Crippen LogP contribution in [0.1, 0.15) is 10.4 Å². The van der Waals surface area contributed by atoms with E-state index in [4.69, 9.17) is 11.6 Å². The summed E-state index contributed by atoms with van der Waals surface area (Å²) in [5.74, 6) is -0.301. The van der Waals surface area contributed by atoms with Crippen LogP contribution in [0.2, 0.25) is 5.02 Å². The number of likely N-dealkylation sites (N-methyl/N-ethyl adjacent to an activating group) is 1. The number of nitrogens with zero attached hydrogens (tertiary/aromatic N) is 2. The van der Waals surface area contributed by atoms with Crippen molar-refractivity contribution in [2.24, 2.45) is 0 Å². The monoisotopic (exact) mass is 412 g/mol. The Morgan fingerprint density at radius 1 is 1.17 bits per heavy atom. The number of carbonyl (C=O) groups is 1. The second-order valence-corrected chi connectivity index (χ2v) is 7.25. The summed E-state index contributed by atoms with van der Waals surface area (Å²) in [6.07, 6.45) is 0. The minimum atomic E-state index is -0.455. The summed E-state index contributed by atoms with van der Waals surface area (Å²) < 4.78 is 0. The van der Waals surface area contributed by atoms with Gasteiger partial charge >= 0.3 is 0 Å². The molecule has 1 aromatic heterocycles. The van der Waals surface area contributed by atoms with Crippen molar-refractivity contribution in [1.29, 1.82) is 0 Å². The van der Waals surface area contributed by atoms with Gasteiger partial charge in [-0.3, -0.25) is 14.9 Å². The standard InChI is InChI=1S/C21H21ClN4O3/c1-25(2)11-10-23-21(27)17-13-18(14-6-5-7-15(22)12-14)24-20(17)16-8-3-4-9-19(16)26(28)29/h3-9,12-13,24H,10-11H2,1-2H3,(H,23,27). The fraction of sp³-hybridized carbons (Fsp3) is 0.190. The number of aromatic nitrogens is 1. The van der Waals surface area contributed by atoms with Gasteiger partial charge in [-0.1, -0.05) is 35.9 Å². The van der Waals surface area contributed by atoms with Gasteiger partial charge in [-0.25, -0.2) is 0 Å². The van der Waals surface area contributed by atoms with Gasteiger partial charge in [0.1, 0.15) is 0 Å². The van der Waals surface area contributed by atoms with E-state index in [0.717, 1.165) is 5.56 Å². The van der Waals surface area contributed by atoms with Crippen LogP contribution in [-0.4, -0.2) is 47.9 Å². The lowest BCUT2D eigenvalue weighted by Gasteiger charge is -2.10. The number of rotatable bonds is 7. The van der Waals surface area contributed by atoms with E-state index in [2.05, 4.69) is 10.3 Å².